The summed E-state index contributed by atoms with van der Waals surface area (Å²) in [6.45, 7) is 1.40. The van der Waals surface area contributed by atoms with Gasteiger partial charge in [-0.1, -0.05) is 0 Å². The van der Waals surface area contributed by atoms with E-state index >= 15 is 0 Å². The number of thiol groups is 1. The number of aliphatic carboxylic acids is 2. The summed E-state index contributed by atoms with van der Waals surface area (Å²) in [5, 5.41) is 34.3. The van der Waals surface area contributed by atoms with Gasteiger partial charge in [-0.15, -0.1) is 0 Å². The van der Waals surface area contributed by atoms with Gasteiger partial charge in [0.25, 0.3) is 0 Å². The number of carboxylic acids is 2. The second kappa shape index (κ2) is 14.9. The number of guanidine groups is 1. The fourth-order valence-corrected chi connectivity index (χ4v) is 2.67. The molecule has 12 N–H and O–H groups in total. The number of aliphatic hydroxyl groups is 1. The van der Waals surface area contributed by atoms with Crippen molar-refractivity contribution < 1.29 is 39.3 Å². The summed E-state index contributed by atoms with van der Waals surface area (Å²) in [6.07, 6.45) is -1.82. The van der Waals surface area contributed by atoms with E-state index in [2.05, 4.69) is 28.3 Å². The Morgan fingerprint density at radius 3 is 2.00 bits per heavy atom. The second-order valence-electron chi connectivity index (χ2n) is 7.02. The van der Waals surface area contributed by atoms with Crippen LogP contribution in [0.5, 0.6) is 0 Å². The van der Waals surface area contributed by atoms with Gasteiger partial charge in [0.2, 0.25) is 17.7 Å². The molecule has 33 heavy (non-hydrogen) atoms. The van der Waals surface area contributed by atoms with Crippen LogP contribution in [0.3, 0.4) is 0 Å². The van der Waals surface area contributed by atoms with E-state index in [1.807, 2.05) is 5.32 Å². The molecule has 5 atom stereocenters. The second-order valence-corrected chi connectivity index (χ2v) is 7.39. The number of hydrogen-bond acceptors (Lipinski definition) is 9. The average molecular weight is 494 g/mol. The van der Waals surface area contributed by atoms with Crippen molar-refractivity contribution in [1.29, 1.82) is 0 Å². The molecule has 188 valence electrons. The summed E-state index contributed by atoms with van der Waals surface area (Å²) in [5.41, 5.74) is 16.1. The molecular formula is C17H31N7O8S. The molecule has 16 heteroatoms. The Morgan fingerprint density at radius 2 is 1.55 bits per heavy atom. The molecule has 5 unspecified atom stereocenters. The molecule has 0 rings (SSSR count). The van der Waals surface area contributed by atoms with Crippen LogP contribution in [0.15, 0.2) is 4.99 Å². The van der Waals surface area contributed by atoms with Gasteiger partial charge < -0.3 is 48.5 Å². The highest BCUT2D eigenvalue weighted by molar-refractivity contribution is 7.80. The van der Waals surface area contributed by atoms with Crippen molar-refractivity contribution in [3.05, 3.63) is 0 Å². The van der Waals surface area contributed by atoms with Crippen molar-refractivity contribution in [3.8, 4) is 0 Å². The first-order chi connectivity index (χ1) is 15.3. The third-order valence-corrected chi connectivity index (χ3v) is 4.54. The summed E-state index contributed by atoms with van der Waals surface area (Å²) in [5.74, 6) is -6.26. The van der Waals surface area contributed by atoms with Crippen LogP contribution >= 0.6 is 12.6 Å². The molecule has 0 saturated carbocycles. The first-order valence-electron chi connectivity index (χ1n) is 9.75. The Morgan fingerprint density at radius 1 is 0.970 bits per heavy atom. The predicted octanol–water partition coefficient (Wildman–Crippen LogP) is -4.31. The maximum Gasteiger partial charge on any atom is 0.327 e. The summed E-state index contributed by atoms with van der Waals surface area (Å²) in [6, 6.07) is -5.77. The molecule has 0 fully saturated rings. The standard InChI is InChI=1S/C17H31N7O8S/c1-7(25)12(24-13(28)8(18)3-2-4-21-17(19)20)15(30)22-9(5-11(26)27)14(29)23-10(6-33)16(31)32/h7-10,12,25,33H,2-6,18H2,1H3,(H,22,30)(H,23,29)(H,24,28)(H,26,27)(H,31,32)(H4,19,20,21). The minimum atomic E-state index is -1.69. The zero-order valence-electron chi connectivity index (χ0n) is 17.9. The van der Waals surface area contributed by atoms with Crippen LogP contribution in [-0.2, 0) is 24.0 Å². The van der Waals surface area contributed by atoms with E-state index in [-0.39, 0.29) is 24.7 Å². The van der Waals surface area contributed by atoms with Crippen LogP contribution in [0.4, 0.5) is 0 Å². The number of nitrogens with zero attached hydrogens (tertiary/aromatic N) is 1. The lowest BCUT2D eigenvalue weighted by Gasteiger charge is -2.25. The number of hydrogen-bond donors (Lipinski definition) is 10. The Bertz CT molecular complexity index is 745. The first kappa shape index (κ1) is 29.9. The van der Waals surface area contributed by atoms with Gasteiger partial charge in [-0.3, -0.25) is 24.2 Å². The van der Waals surface area contributed by atoms with E-state index in [4.69, 9.17) is 27.4 Å². The van der Waals surface area contributed by atoms with Crippen LogP contribution in [0.1, 0.15) is 26.2 Å². The van der Waals surface area contributed by atoms with Gasteiger partial charge >= 0.3 is 11.9 Å². The van der Waals surface area contributed by atoms with Crippen molar-refractivity contribution in [2.24, 2.45) is 22.2 Å². The van der Waals surface area contributed by atoms with Gasteiger partial charge in [0.05, 0.1) is 18.6 Å². The molecular weight excluding hydrogens is 462 g/mol. The van der Waals surface area contributed by atoms with E-state index in [0.717, 1.165) is 0 Å². The summed E-state index contributed by atoms with van der Waals surface area (Å²) in [7, 11) is 0. The average Bonchev–Trinajstić information content (AvgIpc) is 2.70. The minimum Gasteiger partial charge on any atom is -0.481 e. The number of rotatable bonds is 15. The molecule has 0 aromatic carbocycles. The molecule has 0 aromatic rings. The lowest BCUT2D eigenvalue weighted by atomic mass is 10.1. The molecule has 0 heterocycles. The number of aliphatic imine (C=N–C) groups is 1. The number of carbonyl (C=O) groups is 5. The summed E-state index contributed by atoms with van der Waals surface area (Å²) in [4.78, 5) is 63.1. The van der Waals surface area contributed by atoms with Gasteiger partial charge in [0, 0.05) is 12.3 Å². The molecule has 0 aliphatic rings. The molecule has 0 radical (unpaired) electrons. The topological polar surface area (TPSA) is 273 Å². The summed E-state index contributed by atoms with van der Waals surface area (Å²) >= 11 is 3.78. The monoisotopic (exact) mass is 493 g/mol. The van der Waals surface area contributed by atoms with Crippen LogP contribution < -0.4 is 33.2 Å². The predicted molar refractivity (Wildman–Crippen MR) is 119 cm³/mol. The highest BCUT2D eigenvalue weighted by atomic mass is 32.1. The van der Waals surface area contributed by atoms with Gasteiger partial charge in [-0.25, -0.2) is 4.79 Å². The highest BCUT2D eigenvalue weighted by Gasteiger charge is 2.33. The van der Waals surface area contributed by atoms with Gasteiger partial charge in [-0.2, -0.15) is 12.6 Å². The molecule has 15 nitrogen and oxygen atoms in total. The zero-order chi connectivity index (χ0) is 25.7. The number of nitrogens with two attached hydrogens (primary N) is 3. The minimum absolute atomic E-state index is 0.122. The van der Waals surface area contributed by atoms with Gasteiger partial charge in [0.1, 0.15) is 18.1 Å². The summed E-state index contributed by atoms with van der Waals surface area (Å²) < 4.78 is 0. The van der Waals surface area contributed by atoms with Crippen LogP contribution in [0.25, 0.3) is 0 Å². The number of aliphatic hydroxyl groups excluding tert-OH is 1. The number of carboxylic acid groups (broad SMARTS) is 2. The molecule has 0 aliphatic carbocycles. The third-order valence-electron chi connectivity index (χ3n) is 4.18. The van der Waals surface area contributed by atoms with Crippen molar-refractivity contribution in [3.63, 3.8) is 0 Å². The number of carbonyl (C=O) groups excluding carboxylic acids is 3. The van der Waals surface area contributed by atoms with Crippen molar-refractivity contribution >= 4 is 48.2 Å². The maximum atomic E-state index is 12.6. The van der Waals surface area contributed by atoms with Gasteiger partial charge in [0.15, 0.2) is 5.96 Å². The lowest BCUT2D eigenvalue weighted by Crippen LogP contribution is -2.60. The van der Waals surface area contributed by atoms with E-state index in [9.17, 15) is 29.1 Å². The fraction of sp³-hybridized carbons (Fsp3) is 0.647. The molecule has 0 aliphatic heterocycles. The molecule has 0 aromatic heterocycles. The quantitative estimate of drug-likeness (QED) is 0.0451. The molecule has 0 bridgehead atoms. The largest absolute Gasteiger partial charge is 0.481 e. The van der Waals surface area contributed by atoms with E-state index in [0.29, 0.717) is 6.42 Å². The van der Waals surface area contributed by atoms with Gasteiger partial charge in [-0.05, 0) is 19.8 Å². The van der Waals surface area contributed by atoms with Crippen LogP contribution in [0, 0.1) is 0 Å². The molecule has 0 spiro atoms. The molecule has 3 amide bonds. The van der Waals surface area contributed by atoms with Crippen molar-refractivity contribution in [2.75, 3.05) is 12.3 Å². The number of nitrogens with one attached hydrogen (secondary N) is 3. The van der Waals surface area contributed by atoms with E-state index in [1.54, 1.807) is 0 Å². The number of amides is 3. The lowest BCUT2D eigenvalue weighted by molar-refractivity contribution is -0.143. The Hall–Kier alpha value is -3.11. The Labute approximate surface area is 194 Å². The molecule has 0 saturated heterocycles. The van der Waals surface area contributed by atoms with Crippen LogP contribution in [0.2, 0.25) is 0 Å². The fourth-order valence-electron chi connectivity index (χ4n) is 2.42. The third kappa shape index (κ3) is 11.9. The normalized spacial score (nSPS) is 15.2. The Balaban J connectivity index is 5.23. The van der Waals surface area contributed by atoms with Crippen molar-refractivity contribution in [1.82, 2.24) is 16.0 Å². The maximum absolute atomic E-state index is 12.6. The van der Waals surface area contributed by atoms with E-state index in [1.165, 1.54) is 6.92 Å². The first-order valence-corrected chi connectivity index (χ1v) is 10.4. The Kier molecular flexibility index (Phi) is 13.5. The highest BCUT2D eigenvalue weighted by Crippen LogP contribution is 2.02. The van der Waals surface area contributed by atoms with Crippen molar-refractivity contribution in [2.45, 2.75) is 56.5 Å². The van der Waals surface area contributed by atoms with E-state index < -0.39 is 66.4 Å². The van der Waals surface area contributed by atoms with Crippen LogP contribution in [-0.4, -0.2) is 93.5 Å². The SMILES string of the molecule is CC(O)C(NC(=O)C(N)CCCN=C(N)N)C(=O)NC(CC(=O)O)C(=O)NC(CS)C(=O)O. The smallest absolute Gasteiger partial charge is 0.327 e. The zero-order valence-corrected chi connectivity index (χ0v) is 18.8.